The van der Waals surface area contributed by atoms with Gasteiger partial charge in [-0.15, -0.1) is 3.89 Å². The average Bonchev–Trinajstić information content (AvgIpc) is 2.21. The first-order chi connectivity index (χ1) is 9.63. The van der Waals surface area contributed by atoms with Crippen LogP contribution in [-0.2, 0) is 19.8 Å². The standard InChI is InChI=1S/C6F12O4S/c7-2(4(10,11)12,23(18,20)21)1(19)22-6(16,17)3(8,9)5(13,14)15. The van der Waals surface area contributed by atoms with Crippen LogP contribution >= 0.6 is 0 Å². The number of rotatable bonds is 4. The molecule has 0 aromatic rings. The van der Waals surface area contributed by atoms with E-state index in [1.807, 2.05) is 0 Å². The van der Waals surface area contributed by atoms with Crippen LogP contribution in [0.25, 0.3) is 0 Å². The molecule has 1 atom stereocenters. The zero-order chi connectivity index (χ0) is 19.3. The Bertz CT molecular complexity index is 573. The number of ether oxygens (including phenoxy) is 1. The number of hydrogen-bond acceptors (Lipinski definition) is 4. The second-order valence-electron chi connectivity index (χ2n) is 3.51. The van der Waals surface area contributed by atoms with Crippen molar-refractivity contribution in [1.29, 1.82) is 0 Å². The summed E-state index contributed by atoms with van der Waals surface area (Å²) >= 11 is 0. The first-order valence-corrected chi connectivity index (χ1v) is 5.77. The fraction of sp³-hybridized carbons (Fsp3) is 0.833. The van der Waals surface area contributed by atoms with Gasteiger partial charge in [-0.25, -0.2) is 9.18 Å². The highest BCUT2D eigenvalue weighted by molar-refractivity contribution is 7.88. The number of hydrogen-bond donors (Lipinski definition) is 0. The molecule has 0 aliphatic carbocycles. The van der Waals surface area contributed by atoms with Crippen molar-refractivity contribution >= 4 is 16.2 Å². The van der Waals surface area contributed by atoms with E-state index in [1.54, 1.807) is 4.74 Å². The molecular weight excluding hydrogens is 396 g/mol. The Morgan fingerprint density at radius 3 is 1.30 bits per heavy atom. The lowest BCUT2D eigenvalue weighted by Gasteiger charge is -2.29. The summed E-state index contributed by atoms with van der Waals surface area (Å²) in [7, 11) is -7.80. The maximum atomic E-state index is 13.0. The van der Waals surface area contributed by atoms with Gasteiger partial charge in [-0.05, 0) is 0 Å². The predicted octanol–water partition coefficient (Wildman–Crippen LogP) is 2.85. The minimum absolute atomic E-state index is 1.69. The SMILES string of the molecule is O=C(OC(F)(F)C(F)(F)C(F)(F)F)C(F)(C(F)(F)F)S(=O)(=O)F. The molecule has 0 fully saturated rings. The zero-order valence-corrected chi connectivity index (χ0v) is 10.4. The number of carbonyl (C=O) groups is 1. The Morgan fingerprint density at radius 1 is 0.739 bits per heavy atom. The molecule has 4 nitrogen and oxygen atoms in total. The van der Waals surface area contributed by atoms with Crippen LogP contribution in [0.2, 0.25) is 0 Å². The van der Waals surface area contributed by atoms with Gasteiger partial charge in [-0.1, -0.05) is 0 Å². The Hall–Kier alpha value is -1.42. The number of carbonyl (C=O) groups excluding carboxylic acids is 1. The third-order valence-electron chi connectivity index (χ3n) is 1.91. The number of alkyl halides is 11. The molecule has 0 aliphatic rings. The Labute approximate surface area is 117 Å². The van der Waals surface area contributed by atoms with Crippen molar-refractivity contribution in [2.75, 3.05) is 0 Å². The Balaban J connectivity index is 5.99. The van der Waals surface area contributed by atoms with E-state index in [1.165, 1.54) is 0 Å². The summed E-state index contributed by atoms with van der Waals surface area (Å²) in [5.74, 6) is -11.9. The Kier molecular flexibility index (Phi) is 4.97. The summed E-state index contributed by atoms with van der Waals surface area (Å²) in [5, 5.41) is -6.95. The van der Waals surface area contributed by atoms with E-state index >= 15 is 0 Å². The highest BCUT2D eigenvalue weighted by Crippen LogP contribution is 2.49. The summed E-state index contributed by atoms with van der Waals surface area (Å²) < 4.78 is 167. The highest BCUT2D eigenvalue weighted by Gasteiger charge is 2.80. The largest absolute Gasteiger partial charge is 0.476 e. The molecule has 0 rings (SSSR count). The lowest BCUT2D eigenvalue weighted by molar-refractivity contribution is -0.414. The molecule has 0 bridgehead atoms. The third-order valence-corrected chi connectivity index (χ3v) is 2.98. The maximum Gasteiger partial charge on any atom is 0.476 e. The molecule has 23 heavy (non-hydrogen) atoms. The summed E-state index contributed by atoms with van der Waals surface area (Å²) in [6, 6.07) is 0. The Morgan fingerprint density at radius 2 is 1.09 bits per heavy atom. The minimum Gasteiger partial charge on any atom is -0.392 e. The summed E-state index contributed by atoms with van der Waals surface area (Å²) in [4.78, 5) is 10.4. The maximum absolute atomic E-state index is 13.0. The third kappa shape index (κ3) is 3.42. The first-order valence-electron chi connectivity index (χ1n) is 4.38. The molecule has 0 aliphatic heterocycles. The van der Waals surface area contributed by atoms with E-state index in [0.717, 1.165) is 0 Å². The van der Waals surface area contributed by atoms with Crippen molar-refractivity contribution in [3.8, 4) is 0 Å². The van der Waals surface area contributed by atoms with Crippen molar-refractivity contribution in [2.45, 2.75) is 29.4 Å². The number of halogens is 12. The second-order valence-corrected chi connectivity index (χ2v) is 4.95. The molecule has 138 valence electrons. The smallest absolute Gasteiger partial charge is 0.392 e. The lowest BCUT2D eigenvalue weighted by Crippen LogP contribution is -2.59. The second kappa shape index (κ2) is 5.30. The quantitative estimate of drug-likeness (QED) is 0.417. The molecule has 0 amide bonds. The molecular formula is C6F12O4S. The fourth-order valence-electron chi connectivity index (χ4n) is 0.765. The van der Waals surface area contributed by atoms with Crippen molar-refractivity contribution < 1.29 is 70.1 Å². The molecule has 0 saturated carbocycles. The van der Waals surface area contributed by atoms with Gasteiger partial charge >= 0.3 is 45.6 Å². The van der Waals surface area contributed by atoms with Crippen molar-refractivity contribution in [3.05, 3.63) is 0 Å². The van der Waals surface area contributed by atoms with Crippen LogP contribution < -0.4 is 0 Å². The fourth-order valence-corrected chi connectivity index (χ4v) is 1.28. The van der Waals surface area contributed by atoms with E-state index in [2.05, 4.69) is 0 Å². The molecule has 1 unspecified atom stereocenters. The van der Waals surface area contributed by atoms with Crippen LogP contribution in [0, 0.1) is 0 Å². The van der Waals surface area contributed by atoms with Gasteiger partial charge in [0.05, 0.1) is 0 Å². The monoisotopic (exact) mass is 396 g/mol. The summed E-state index contributed by atoms with van der Waals surface area (Å²) in [5.41, 5.74) is 0. The molecule has 0 N–H and O–H groups in total. The van der Waals surface area contributed by atoms with Gasteiger partial charge in [-0.2, -0.15) is 52.3 Å². The normalized spacial score (nSPS) is 17.6. The van der Waals surface area contributed by atoms with Crippen LogP contribution in [-0.4, -0.2) is 43.8 Å². The molecule has 0 spiro atoms. The van der Waals surface area contributed by atoms with Crippen molar-refractivity contribution in [2.24, 2.45) is 0 Å². The van der Waals surface area contributed by atoms with E-state index < -0.39 is 45.6 Å². The molecule has 0 heterocycles. The van der Waals surface area contributed by atoms with Gasteiger partial charge < -0.3 is 4.74 Å². The average molecular weight is 396 g/mol. The number of esters is 1. The van der Waals surface area contributed by atoms with Gasteiger partial charge in [0.1, 0.15) is 0 Å². The van der Waals surface area contributed by atoms with E-state index in [0.29, 0.717) is 0 Å². The summed E-state index contributed by atoms with van der Waals surface area (Å²) in [6.07, 6.45) is -21.6. The van der Waals surface area contributed by atoms with Crippen LogP contribution in [0.5, 0.6) is 0 Å². The van der Waals surface area contributed by atoms with Crippen LogP contribution in [0.3, 0.4) is 0 Å². The molecule has 17 heteroatoms. The van der Waals surface area contributed by atoms with Crippen LogP contribution in [0.1, 0.15) is 0 Å². The van der Waals surface area contributed by atoms with Crippen LogP contribution in [0.15, 0.2) is 0 Å². The zero-order valence-electron chi connectivity index (χ0n) is 9.58. The highest BCUT2D eigenvalue weighted by atomic mass is 32.3. The first kappa shape index (κ1) is 21.6. The molecule has 0 saturated heterocycles. The summed E-state index contributed by atoms with van der Waals surface area (Å²) in [6.45, 7) is 0. The van der Waals surface area contributed by atoms with Gasteiger partial charge in [0.25, 0.3) is 0 Å². The van der Waals surface area contributed by atoms with E-state index in [-0.39, 0.29) is 0 Å². The van der Waals surface area contributed by atoms with Gasteiger partial charge in [0.2, 0.25) is 0 Å². The molecule has 0 aromatic heterocycles. The molecule has 0 radical (unpaired) electrons. The minimum atomic E-state index is -7.80. The topological polar surface area (TPSA) is 60.4 Å². The van der Waals surface area contributed by atoms with Crippen molar-refractivity contribution in [1.82, 2.24) is 0 Å². The van der Waals surface area contributed by atoms with E-state index in [9.17, 15) is 65.4 Å². The van der Waals surface area contributed by atoms with Crippen LogP contribution in [0.4, 0.5) is 52.2 Å². The predicted molar refractivity (Wildman–Crippen MR) is 42.0 cm³/mol. The van der Waals surface area contributed by atoms with Gasteiger partial charge in [-0.3, -0.25) is 0 Å². The van der Waals surface area contributed by atoms with Gasteiger partial charge in [0.15, 0.2) is 0 Å². The lowest BCUT2D eigenvalue weighted by atomic mass is 10.3. The van der Waals surface area contributed by atoms with E-state index in [4.69, 9.17) is 0 Å². The van der Waals surface area contributed by atoms with Crippen molar-refractivity contribution in [3.63, 3.8) is 0 Å². The van der Waals surface area contributed by atoms with Gasteiger partial charge in [0, 0.05) is 0 Å². The molecule has 0 aromatic carbocycles.